The zero-order chi connectivity index (χ0) is 15.1. The monoisotopic (exact) mass is 320 g/mol. The number of nitrogens with one attached hydrogen (secondary N) is 1. The summed E-state index contributed by atoms with van der Waals surface area (Å²) in [6.45, 7) is 4.16. The van der Waals surface area contributed by atoms with Crippen LogP contribution in [0.4, 0.5) is 0 Å². The molecule has 0 aliphatic rings. The Bertz CT molecular complexity index is 569. The number of amides is 1. The van der Waals surface area contributed by atoms with Gasteiger partial charge in [0, 0.05) is 40.4 Å². The Morgan fingerprint density at radius 2 is 2.10 bits per heavy atom. The van der Waals surface area contributed by atoms with Crippen molar-refractivity contribution in [1.82, 2.24) is 10.3 Å². The summed E-state index contributed by atoms with van der Waals surface area (Å²) < 4.78 is 0. The van der Waals surface area contributed by atoms with Gasteiger partial charge < -0.3 is 5.32 Å². The molecule has 1 N–H and O–H groups in total. The molecule has 5 heteroatoms. The van der Waals surface area contributed by atoms with Crippen LogP contribution in [0.5, 0.6) is 0 Å². The number of pyridine rings is 1. The van der Waals surface area contributed by atoms with Crippen LogP contribution in [0.25, 0.3) is 0 Å². The van der Waals surface area contributed by atoms with E-state index in [1.807, 2.05) is 12.1 Å². The van der Waals surface area contributed by atoms with Crippen molar-refractivity contribution in [2.45, 2.75) is 32.1 Å². The normalized spacial score (nSPS) is 12.1. The Labute approximate surface area is 134 Å². The average molecular weight is 320 g/mol. The van der Waals surface area contributed by atoms with Gasteiger partial charge in [-0.1, -0.05) is 0 Å². The first-order valence-corrected chi connectivity index (χ1v) is 8.92. The number of thiophene rings is 1. The molecule has 0 aliphatic heterocycles. The zero-order valence-electron chi connectivity index (χ0n) is 12.3. The van der Waals surface area contributed by atoms with Gasteiger partial charge in [0.15, 0.2) is 0 Å². The number of aromatic nitrogens is 1. The molecular weight excluding hydrogens is 300 g/mol. The van der Waals surface area contributed by atoms with Crippen molar-refractivity contribution in [3.05, 3.63) is 52.0 Å². The lowest BCUT2D eigenvalue weighted by Gasteiger charge is -2.12. The van der Waals surface area contributed by atoms with Crippen LogP contribution in [0.3, 0.4) is 0 Å². The molecule has 0 spiro atoms. The molecule has 0 saturated carbocycles. The second-order valence-electron chi connectivity index (χ2n) is 5.03. The Balaban J connectivity index is 1.67. The summed E-state index contributed by atoms with van der Waals surface area (Å²) >= 11 is 3.43. The van der Waals surface area contributed by atoms with Crippen LogP contribution in [-0.2, 0) is 17.0 Å². The summed E-state index contributed by atoms with van der Waals surface area (Å²) in [5.74, 6) is 1.44. The van der Waals surface area contributed by atoms with Gasteiger partial charge in [-0.15, -0.1) is 23.1 Å². The molecule has 112 valence electrons. The van der Waals surface area contributed by atoms with Crippen molar-refractivity contribution < 1.29 is 4.79 Å². The number of hydrogen-bond donors (Lipinski definition) is 1. The lowest BCUT2D eigenvalue weighted by atomic mass is 10.2. The molecule has 21 heavy (non-hydrogen) atoms. The SMILES string of the molecule is Cc1ccc(CC(C)NC(=O)CSCc2ccncc2)s1. The molecule has 2 heterocycles. The van der Waals surface area contributed by atoms with Crippen LogP contribution < -0.4 is 5.32 Å². The van der Waals surface area contributed by atoms with Crippen LogP contribution in [0.1, 0.15) is 22.2 Å². The molecule has 2 rings (SSSR count). The van der Waals surface area contributed by atoms with Crippen molar-refractivity contribution in [1.29, 1.82) is 0 Å². The van der Waals surface area contributed by atoms with E-state index in [9.17, 15) is 4.79 Å². The third kappa shape index (κ3) is 5.89. The number of nitrogens with zero attached hydrogens (tertiary/aromatic N) is 1. The van der Waals surface area contributed by atoms with Crippen LogP contribution in [0.15, 0.2) is 36.7 Å². The van der Waals surface area contributed by atoms with Crippen LogP contribution in [0, 0.1) is 6.92 Å². The number of carbonyl (C=O) groups is 1. The van der Waals surface area contributed by atoms with Crippen molar-refractivity contribution >= 4 is 29.0 Å². The summed E-state index contributed by atoms with van der Waals surface area (Å²) in [6, 6.07) is 8.40. The van der Waals surface area contributed by atoms with Crippen molar-refractivity contribution in [2.75, 3.05) is 5.75 Å². The third-order valence-electron chi connectivity index (χ3n) is 2.96. The highest BCUT2D eigenvalue weighted by Gasteiger charge is 2.09. The largest absolute Gasteiger partial charge is 0.353 e. The topological polar surface area (TPSA) is 42.0 Å². The third-order valence-corrected chi connectivity index (χ3v) is 4.99. The van der Waals surface area contributed by atoms with Gasteiger partial charge in [-0.2, -0.15) is 0 Å². The van der Waals surface area contributed by atoms with E-state index in [-0.39, 0.29) is 11.9 Å². The summed E-state index contributed by atoms with van der Waals surface area (Å²) in [5, 5.41) is 3.06. The van der Waals surface area contributed by atoms with E-state index in [0.717, 1.165) is 12.2 Å². The maximum Gasteiger partial charge on any atom is 0.230 e. The molecule has 0 aromatic carbocycles. The number of hydrogen-bond acceptors (Lipinski definition) is 4. The van der Waals surface area contributed by atoms with E-state index in [0.29, 0.717) is 5.75 Å². The van der Waals surface area contributed by atoms with Gasteiger partial charge in [0.05, 0.1) is 5.75 Å². The Morgan fingerprint density at radius 1 is 1.33 bits per heavy atom. The quantitative estimate of drug-likeness (QED) is 0.850. The molecule has 1 atom stereocenters. The van der Waals surface area contributed by atoms with Crippen molar-refractivity contribution in [2.24, 2.45) is 0 Å². The Kier molecular flexibility index (Phi) is 6.26. The van der Waals surface area contributed by atoms with Gasteiger partial charge in [-0.3, -0.25) is 9.78 Å². The predicted molar refractivity (Wildman–Crippen MR) is 90.8 cm³/mol. The average Bonchev–Trinajstić information content (AvgIpc) is 2.85. The summed E-state index contributed by atoms with van der Waals surface area (Å²) in [6.07, 6.45) is 4.46. The number of rotatable bonds is 7. The number of aryl methyl sites for hydroxylation is 1. The van der Waals surface area contributed by atoms with E-state index in [4.69, 9.17) is 0 Å². The lowest BCUT2D eigenvalue weighted by Crippen LogP contribution is -2.35. The van der Waals surface area contributed by atoms with E-state index < -0.39 is 0 Å². The van der Waals surface area contributed by atoms with Gasteiger partial charge in [0.25, 0.3) is 0 Å². The molecule has 2 aromatic heterocycles. The molecule has 0 radical (unpaired) electrons. The van der Waals surface area contributed by atoms with Gasteiger partial charge in [0.2, 0.25) is 5.91 Å². The fourth-order valence-corrected chi connectivity index (χ4v) is 3.82. The minimum Gasteiger partial charge on any atom is -0.353 e. The van der Waals surface area contributed by atoms with Gasteiger partial charge >= 0.3 is 0 Å². The minimum atomic E-state index is 0.106. The standard InChI is InChI=1S/C16H20N2OS2/c1-12(9-15-4-3-13(2)21-15)18-16(19)11-20-10-14-5-7-17-8-6-14/h3-8,12H,9-11H2,1-2H3,(H,18,19). The molecule has 2 aromatic rings. The Morgan fingerprint density at radius 3 is 2.76 bits per heavy atom. The molecule has 1 amide bonds. The van der Waals surface area contributed by atoms with E-state index >= 15 is 0 Å². The smallest absolute Gasteiger partial charge is 0.230 e. The molecule has 0 bridgehead atoms. The summed E-state index contributed by atoms with van der Waals surface area (Å²) in [7, 11) is 0. The minimum absolute atomic E-state index is 0.106. The highest BCUT2D eigenvalue weighted by Crippen LogP contribution is 2.17. The highest BCUT2D eigenvalue weighted by atomic mass is 32.2. The molecule has 0 aliphatic carbocycles. The zero-order valence-corrected chi connectivity index (χ0v) is 14.0. The molecule has 1 unspecified atom stereocenters. The lowest BCUT2D eigenvalue weighted by molar-refractivity contribution is -0.119. The van der Waals surface area contributed by atoms with Crippen molar-refractivity contribution in [3.63, 3.8) is 0 Å². The fraction of sp³-hybridized carbons (Fsp3) is 0.375. The first-order valence-electron chi connectivity index (χ1n) is 6.95. The van der Waals surface area contributed by atoms with Gasteiger partial charge in [-0.25, -0.2) is 0 Å². The second-order valence-corrected chi connectivity index (χ2v) is 7.39. The van der Waals surface area contributed by atoms with E-state index in [1.54, 1.807) is 35.5 Å². The first-order chi connectivity index (χ1) is 10.1. The molecule has 0 saturated heterocycles. The summed E-state index contributed by atoms with van der Waals surface area (Å²) in [5.41, 5.74) is 1.20. The second kappa shape index (κ2) is 8.20. The molecule has 0 fully saturated rings. The Hall–Kier alpha value is -1.33. The van der Waals surface area contributed by atoms with Crippen LogP contribution in [0.2, 0.25) is 0 Å². The van der Waals surface area contributed by atoms with E-state index in [2.05, 4.69) is 36.3 Å². The molecular formula is C16H20N2OS2. The van der Waals surface area contributed by atoms with Crippen LogP contribution >= 0.6 is 23.1 Å². The number of carbonyl (C=O) groups excluding carboxylic acids is 1. The number of thioether (sulfide) groups is 1. The van der Waals surface area contributed by atoms with Crippen LogP contribution in [-0.4, -0.2) is 22.7 Å². The van der Waals surface area contributed by atoms with Crippen molar-refractivity contribution in [3.8, 4) is 0 Å². The van der Waals surface area contributed by atoms with Gasteiger partial charge in [0.1, 0.15) is 0 Å². The summed E-state index contributed by atoms with van der Waals surface area (Å²) in [4.78, 5) is 18.5. The molecule has 3 nitrogen and oxygen atoms in total. The predicted octanol–water partition coefficient (Wildman–Crippen LogP) is 3.43. The maximum absolute atomic E-state index is 11.9. The van der Waals surface area contributed by atoms with E-state index in [1.165, 1.54) is 15.3 Å². The highest BCUT2D eigenvalue weighted by molar-refractivity contribution is 7.99. The maximum atomic E-state index is 11.9. The first kappa shape index (κ1) is 16.0. The van der Waals surface area contributed by atoms with Gasteiger partial charge in [-0.05, 0) is 43.7 Å². The fourth-order valence-electron chi connectivity index (χ4n) is 2.00.